The average Bonchev–Trinajstić information content (AvgIpc) is 2.55. The fraction of sp³-hybridized carbons (Fsp3) is 0.105. The van der Waals surface area contributed by atoms with Crippen LogP contribution in [0, 0.1) is 0 Å². The van der Waals surface area contributed by atoms with E-state index in [2.05, 4.69) is 0 Å². The quantitative estimate of drug-likeness (QED) is 0.711. The molecule has 0 radical (unpaired) electrons. The highest BCUT2D eigenvalue weighted by Gasteiger charge is 2.21. The third-order valence-corrected chi connectivity index (χ3v) is 4.02. The van der Waals surface area contributed by atoms with Gasteiger partial charge in [0.25, 0.3) is 0 Å². The normalized spacial score (nSPS) is 18.6. The minimum atomic E-state index is 0.0150. The third kappa shape index (κ3) is 4.11. The standard InChI is InChI=1S/C19H14Cl2O2/c20-17-5-1-13(2-6-17)9-15-11-23-12-16(19(15)22)10-14-3-7-18(21)8-4-14/h1-10H,11-12H2/b15-9+,16-10?. The molecule has 0 aliphatic carbocycles. The van der Waals surface area contributed by atoms with Gasteiger partial charge in [0.05, 0.1) is 13.2 Å². The maximum Gasteiger partial charge on any atom is 0.189 e. The van der Waals surface area contributed by atoms with Gasteiger partial charge in [-0.2, -0.15) is 0 Å². The molecule has 2 aromatic carbocycles. The first kappa shape index (κ1) is 16.0. The van der Waals surface area contributed by atoms with Crippen molar-refractivity contribution < 1.29 is 9.53 Å². The maximum absolute atomic E-state index is 12.6. The molecule has 0 N–H and O–H groups in total. The highest BCUT2D eigenvalue weighted by atomic mass is 35.5. The molecule has 1 aliphatic rings. The van der Waals surface area contributed by atoms with Crippen molar-refractivity contribution in [2.75, 3.05) is 13.2 Å². The fourth-order valence-corrected chi connectivity index (χ4v) is 2.60. The van der Waals surface area contributed by atoms with E-state index in [1.54, 1.807) is 24.3 Å². The van der Waals surface area contributed by atoms with Gasteiger partial charge in [0, 0.05) is 21.2 Å². The Kier molecular flexibility index (Phi) is 4.97. The van der Waals surface area contributed by atoms with Gasteiger partial charge < -0.3 is 4.74 Å². The van der Waals surface area contributed by atoms with Crippen LogP contribution >= 0.6 is 23.2 Å². The number of carbonyl (C=O) groups is 1. The monoisotopic (exact) mass is 344 g/mol. The second-order valence-electron chi connectivity index (χ2n) is 5.26. The summed E-state index contributed by atoms with van der Waals surface area (Å²) in [4.78, 5) is 12.6. The van der Waals surface area contributed by atoms with Crippen LogP contribution in [0.15, 0.2) is 59.7 Å². The summed E-state index contributed by atoms with van der Waals surface area (Å²) in [6, 6.07) is 14.7. The third-order valence-electron chi connectivity index (χ3n) is 3.52. The lowest BCUT2D eigenvalue weighted by atomic mass is 9.98. The summed E-state index contributed by atoms with van der Waals surface area (Å²) in [5.41, 5.74) is 3.13. The molecule has 1 fully saturated rings. The molecule has 1 heterocycles. The van der Waals surface area contributed by atoms with E-state index in [4.69, 9.17) is 27.9 Å². The van der Waals surface area contributed by atoms with Crippen LogP contribution in [-0.4, -0.2) is 19.0 Å². The summed E-state index contributed by atoms with van der Waals surface area (Å²) < 4.78 is 5.55. The largest absolute Gasteiger partial charge is 0.372 e. The number of rotatable bonds is 2. The molecule has 2 aromatic rings. The van der Waals surface area contributed by atoms with Crippen LogP contribution in [-0.2, 0) is 9.53 Å². The molecule has 0 saturated carbocycles. The molecule has 1 aliphatic heterocycles. The van der Waals surface area contributed by atoms with E-state index in [1.165, 1.54) is 0 Å². The van der Waals surface area contributed by atoms with Gasteiger partial charge in [-0.1, -0.05) is 47.5 Å². The molecule has 0 bridgehead atoms. The predicted molar refractivity (Wildman–Crippen MR) is 94.7 cm³/mol. The Morgan fingerprint density at radius 3 is 1.52 bits per heavy atom. The zero-order chi connectivity index (χ0) is 16.2. The van der Waals surface area contributed by atoms with Gasteiger partial charge in [-0.05, 0) is 47.5 Å². The molecule has 2 nitrogen and oxygen atoms in total. The fourth-order valence-electron chi connectivity index (χ4n) is 2.34. The van der Waals surface area contributed by atoms with E-state index in [1.807, 2.05) is 36.4 Å². The SMILES string of the molecule is O=C1C(=Cc2ccc(Cl)cc2)COC/C1=C\c1ccc(Cl)cc1. The van der Waals surface area contributed by atoms with E-state index in [0.29, 0.717) is 34.4 Å². The van der Waals surface area contributed by atoms with Crippen molar-refractivity contribution in [1.29, 1.82) is 0 Å². The maximum atomic E-state index is 12.6. The zero-order valence-electron chi connectivity index (χ0n) is 12.3. The molecule has 0 spiro atoms. The van der Waals surface area contributed by atoms with E-state index < -0.39 is 0 Å². The van der Waals surface area contributed by atoms with Gasteiger partial charge in [-0.3, -0.25) is 4.79 Å². The minimum absolute atomic E-state index is 0.0150. The van der Waals surface area contributed by atoms with Crippen molar-refractivity contribution in [2.24, 2.45) is 0 Å². The van der Waals surface area contributed by atoms with E-state index in [-0.39, 0.29) is 5.78 Å². The van der Waals surface area contributed by atoms with Crippen molar-refractivity contribution in [3.63, 3.8) is 0 Å². The topological polar surface area (TPSA) is 26.3 Å². The Balaban J connectivity index is 1.86. The van der Waals surface area contributed by atoms with Gasteiger partial charge in [0.2, 0.25) is 0 Å². The second-order valence-corrected chi connectivity index (χ2v) is 6.14. The van der Waals surface area contributed by atoms with E-state index in [9.17, 15) is 4.79 Å². The Hall–Kier alpha value is -1.87. The first-order valence-electron chi connectivity index (χ1n) is 7.16. The molecule has 0 amide bonds. The second kappa shape index (κ2) is 7.14. The van der Waals surface area contributed by atoms with E-state index in [0.717, 1.165) is 11.1 Å². The summed E-state index contributed by atoms with van der Waals surface area (Å²) in [6.07, 6.45) is 3.68. The van der Waals surface area contributed by atoms with Crippen LogP contribution in [0.1, 0.15) is 11.1 Å². The van der Waals surface area contributed by atoms with Crippen LogP contribution in [0.5, 0.6) is 0 Å². The van der Waals surface area contributed by atoms with Crippen LogP contribution < -0.4 is 0 Å². The van der Waals surface area contributed by atoms with Gasteiger partial charge in [-0.25, -0.2) is 0 Å². The van der Waals surface area contributed by atoms with Gasteiger partial charge in [0.1, 0.15) is 0 Å². The Morgan fingerprint density at radius 1 is 0.739 bits per heavy atom. The highest BCUT2D eigenvalue weighted by Crippen LogP contribution is 2.21. The lowest BCUT2D eigenvalue weighted by Gasteiger charge is -2.17. The molecule has 4 heteroatoms. The molecule has 3 rings (SSSR count). The Labute approximate surface area is 145 Å². The smallest absolute Gasteiger partial charge is 0.189 e. The molecule has 116 valence electrons. The number of halogens is 2. The first-order chi connectivity index (χ1) is 11.1. The summed E-state index contributed by atoms with van der Waals surface area (Å²) in [7, 11) is 0. The van der Waals surface area contributed by atoms with Crippen molar-refractivity contribution in [1.82, 2.24) is 0 Å². The predicted octanol–water partition coefficient (Wildman–Crippen LogP) is 5.06. The molecule has 23 heavy (non-hydrogen) atoms. The number of hydrogen-bond acceptors (Lipinski definition) is 2. The van der Waals surface area contributed by atoms with Crippen molar-refractivity contribution in [2.45, 2.75) is 0 Å². The number of ether oxygens (including phenoxy) is 1. The zero-order valence-corrected chi connectivity index (χ0v) is 13.8. The van der Waals surface area contributed by atoms with Crippen molar-refractivity contribution >= 4 is 41.1 Å². The molecular weight excluding hydrogens is 331 g/mol. The van der Waals surface area contributed by atoms with Crippen LogP contribution in [0.4, 0.5) is 0 Å². The molecule has 0 aromatic heterocycles. The molecule has 0 unspecified atom stereocenters. The summed E-state index contributed by atoms with van der Waals surface area (Å²) in [5.74, 6) is 0.0150. The number of benzene rings is 2. The van der Waals surface area contributed by atoms with Crippen LogP contribution in [0.2, 0.25) is 10.0 Å². The minimum Gasteiger partial charge on any atom is -0.372 e. The molecular formula is C19H14Cl2O2. The Bertz CT molecular complexity index is 707. The lowest BCUT2D eigenvalue weighted by Crippen LogP contribution is -2.21. The number of carbonyl (C=O) groups excluding carboxylic acids is 1. The summed E-state index contributed by atoms with van der Waals surface area (Å²) in [6.45, 7) is 0.638. The lowest BCUT2D eigenvalue weighted by molar-refractivity contribution is -0.114. The summed E-state index contributed by atoms with van der Waals surface area (Å²) >= 11 is 11.8. The number of ketones is 1. The summed E-state index contributed by atoms with van der Waals surface area (Å²) in [5, 5.41) is 1.34. The first-order valence-corrected chi connectivity index (χ1v) is 7.92. The van der Waals surface area contributed by atoms with Crippen molar-refractivity contribution in [3.05, 3.63) is 80.8 Å². The van der Waals surface area contributed by atoms with Gasteiger partial charge >= 0.3 is 0 Å². The van der Waals surface area contributed by atoms with Gasteiger partial charge in [-0.15, -0.1) is 0 Å². The Morgan fingerprint density at radius 2 is 1.13 bits per heavy atom. The van der Waals surface area contributed by atoms with Crippen LogP contribution in [0.3, 0.4) is 0 Å². The highest BCUT2D eigenvalue weighted by molar-refractivity contribution is 6.30. The molecule has 1 saturated heterocycles. The number of hydrogen-bond donors (Lipinski definition) is 0. The molecule has 0 atom stereocenters. The van der Waals surface area contributed by atoms with Crippen LogP contribution in [0.25, 0.3) is 12.2 Å². The van der Waals surface area contributed by atoms with Gasteiger partial charge in [0.15, 0.2) is 5.78 Å². The average molecular weight is 345 g/mol. The number of Topliss-reactive ketones (excluding diaryl/α,β-unsaturated/α-hetero) is 1. The van der Waals surface area contributed by atoms with Crippen molar-refractivity contribution in [3.8, 4) is 0 Å². The van der Waals surface area contributed by atoms with E-state index >= 15 is 0 Å².